The standard InChI is InChI=1S/C22H17N3O2/c1-15-19(11-12-20(24-15)16-5-3-2-4-6-16)22(26)25-18-9-7-17(8-10-18)21-13-23-14-27-21/h2-14H,1H3,(H,25,26). The maximum Gasteiger partial charge on any atom is 0.257 e. The molecule has 27 heavy (non-hydrogen) atoms. The van der Waals surface area contributed by atoms with E-state index >= 15 is 0 Å². The number of anilines is 1. The Morgan fingerprint density at radius 1 is 0.926 bits per heavy atom. The van der Waals surface area contributed by atoms with Crippen molar-refractivity contribution in [2.24, 2.45) is 0 Å². The molecule has 2 heterocycles. The van der Waals surface area contributed by atoms with E-state index in [0.717, 1.165) is 16.8 Å². The SMILES string of the molecule is Cc1nc(-c2ccccc2)ccc1C(=O)Nc1ccc(-c2cnco2)cc1. The molecule has 0 spiro atoms. The zero-order chi connectivity index (χ0) is 18.6. The van der Waals surface area contributed by atoms with Gasteiger partial charge in [0.1, 0.15) is 0 Å². The van der Waals surface area contributed by atoms with Gasteiger partial charge in [-0.25, -0.2) is 4.98 Å². The van der Waals surface area contributed by atoms with Gasteiger partial charge in [0.2, 0.25) is 0 Å². The normalized spacial score (nSPS) is 10.6. The Balaban J connectivity index is 1.51. The Morgan fingerprint density at radius 2 is 1.70 bits per heavy atom. The zero-order valence-electron chi connectivity index (χ0n) is 14.7. The summed E-state index contributed by atoms with van der Waals surface area (Å²) in [5, 5.41) is 2.91. The van der Waals surface area contributed by atoms with E-state index in [4.69, 9.17) is 4.42 Å². The van der Waals surface area contributed by atoms with Crippen molar-refractivity contribution in [2.45, 2.75) is 6.92 Å². The van der Waals surface area contributed by atoms with Crippen molar-refractivity contribution in [2.75, 3.05) is 5.32 Å². The highest BCUT2D eigenvalue weighted by Gasteiger charge is 2.12. The maximum absolute atomic E-state index is 12.6. The Labute approximate surface area is 156 Å². The number of aryl methyl sites for hydroxylation is 1. The number of amides is 1. The van der Waals surface area contributed by atoms with E-state index in [2.05, 4.69) is 15.3 Å². The molecule has 0 aliphatic heterocycles. The molecule has 0 unspecified atom stereocenters. The molecule has 132 valence electrons. The molecule has 4 rings (SSSR count). The Kier molecular flexibility index (Phi) is 4.49. The van der Waals surface area contributed by atoms with E-state index in [1.807, 2.05) is 73.7 Å². The van der Waals surface area contributed by atoms with Crippen LogP contribution in [0.15, 0.2) is 83.7 Å². The molecule has 2 aromatic heterocycles. The molecule has 0 bridgehead atoms. The molecule has 1 N–H and O–H groups in total. The summed E-state index contributed by atoms with van der Waals surface area (Å²) in [5.74, 6) is 0.497. The molecule has 0 radical (unpaired) electrons. The number of carbonyl (C=O) groups is 1. The number of carbonyl (C=O) groups excluding carboxylic acids is 1. The highest BCUT2D eigenvalue weighted by atomic mass is 16.3. The predicted octanol–water partition coefficient (Wildman–Crippen LogP) is 4.96. The van der Waals surface area contributed by atoms with Crippen molar-refractivity contribution in [3.63, 3.8) is 0 Å². The van der Waals surface area contributed by atoms with E-state index in [1.165, 1.54) is 6.39 Å². The lowest BCUT2D eigenvalue weighted by atomic mass is 10.1. The van der Waals surface area contributed by atoms with Crippen LogP contribution in [0.2, 0.25) is 0 Å². The summed E-state index contributed by atoms with van der Waals surface area (Å²) in [6.45, 7) is 1.84. The van der Waals surface area contributed by atoms with E-state index in [1.54, 1.807) is 6.20 Å². The second kappa shape index (κ2) is 7.25. The number of nitrogens with one attached hydrogen (secondary N) is 1. The fourth-order valence-electron chi connectivity index (χ4n) is 2.85. The van der Waals surface area contributed by atoms with Gasteiger partial charge in [-0.15, -0.1) is 0 Å². The molecule has 0 fully saturated rings. The highest BCUT2D eigenvalue weighted by Crippen LogP contribution is 2.22. The van der Waals surface area contributed by atoms with Crippen LogP contribution in [-0.4, -0.2) is 15.9 Å². The molecule has 0 aliphatic carbocycles. The molecule has 4 aromatic rings. The molecule has 1 amide bonds. The number of hydrogen-bond donors (Lipinski definition) is 1. The quantitative estimate of drug-likeness (QED) is 0.561. The van der Waals surface area contributed by atoms with Crippen LogP contribution in [0.5, 0.6) is 0 Å². The second-order valence-electron chi connectivity index (χ2n) is 6.09. The molecule has 5 nitrogen and oxygen atoms in total. The monoisotopic (exact) mass is 355 g/mol. The first-order chi connectivity index (χ1) is 13.2. The number of benzene rings is 2. The fraction of sp³-hybridized carbons (Fsp3) is 0.0455. The molecule has 0 aliphatic rings. The van der Waals surface area contributed by atoms with E-state index in [9.17, 15) is 4.79 Å². The minimum atomic E-state index is -0.188. The van der Waals surface area contributed by atoms with Crippen LogP contribution in [0.3, 0.4) is 0 Å². The first-order valence-corrected chi connectivity index (χ1v) is 8.54. The first-order valence-electron chi connectivity index (χ1n) is 8.54. The van der Waals surface area contributed by atoms with Gasteiger partial charge in [-0.05, 0) is 43.3 Å². The zero-order valence-corrected chi connectivity index (χ0v) is 14.7. The first kappa shape index (κ1) is 16.7. The average Bonchev–Trinajstić information content (AvgIpc) is 3.24. The third-order valence-electron chi connectivity index (χ3n) is 4.26. The molecule has 0 saturated carbocycles. The summed E-state index contributed by atoms with van der Waals surface area (Å²) >= 11 is 0. The Hall–Kier alpha value is -3.73. The van der Waals surface area contributed by atoms with Crippen LogP contribution in [0, 0.1) is 6.92 Å². The lowest BCUT2D eigenvalue weighted by Crippen LogP contribution is -2.14. The Morgan fingerprint density at radius 3 is 2.37 bits per heavy atom. The smallest absolute Gasteiger partial charge is 0.257 e. The number of aromatic nitrogens is 2. The van der Waals surface area contributed by atoms with Crippen LogP contribution in [0.4, 0.5) is 5.69 Å². The molecule has 2 aromatic carbocycles. The summed E-state index contributed by atoms with van der Waals surface area (Å²) in [5.41, 5.74) is 4.71. The van der Waals surface area contributed by atoms with Crippen LogP contribution >= 0.6 is 0 Å². The van der Waals surface area contributed by atoms with Crippen LogP contribution < -0.4 is 5.32 Å². The average molecular weight is 355 g/mol. The predicted molar refractivity (Wildman–Crippen MR) is 104 cm³/mol. The number of hydrogen-bond acceptors (Lipinski definition) is 4. The van der Waals surface area contributed by atoms with Crippen molar-refractivity contribution in [3.8, 4) is 22.6 Å². The highest BCUT2D eigenvalue weighted by molar-refractivity contribution is 6.05. The third kappa shape index (κ3) is 3.62. The molecule has 0 atom stereocenters. The van der Waals surface area contributed by atoms with Gasteiger partial charge in [-0.1, -0.05) is 30.3 Å². The summed E-state index contributed by atoms with van der Waals surface area (Å²) in [6, 6.07) is 21.0. The molecule has 0 saturated heterocycles. The molecular formula is C22H17N3O2. The largest absolute Gasteiger partial charge is 0.444 e. The van der Waals surface area contributed by atoms with Gasteiger partial charge in [-0.2, -0.15) is 0 Å². The minimum absolute atomic E-state index is 0.188. The third-order valence-corrected chi connectivity index (χ3v) is 4.26. The lowest BCUT2D eigenvalue weighted by molar-refractivity contribution is 0.102. The minimum Gasteiger partial charge on any atom is -0.444 e. The molecular weight excluding hydrogens is 338 g/mol. The van der Waals surface area contributed by atoms with E-state index in [-0.39, 0.29) is 5.91 Å². The topological polar surface area (TPSA) is 68.0 Å². The fourth-order valence-corrected chi connectivity index (χ4v) is 2.85. The second-order valence-corrected chi connectivity index (χ2v) is 6.09. The summed E-state index contributed by atoms with van der Waals surface area (Å²) in [6.07, 6.45) is 3.04. The van der Waals surface area contributed by atoms with Gasteiger partial charge in [0.15, 0.2) is 12.2 Å². The van der Waals surface area contributed by atoms with Gasteiger partial charge < -0.3 is 9.73 Å². The van der Waals surface area contributed by atoms with Crippen molar-refractivity contribution in [1.82, 2.24) is 9.97 Å². The van der Waals surface area contributed by atoms with E-state index in [0.29, 0.717) is 22.7 Å². The summed E-state index contributed by atoms with van der Waals surface area (Å²) in [7, 11) is 0. The van der Waals surface area contributed by atoms with Gasteiger partial charge in [0.25, 0.3) is 5.91 Å². The molecule has 5 heteroatoms. The van der Waals surface area contributed by atoms with Crippen molar-refractivity contribution in [1.29, 1.82) is 0 Å². The van der Waals surface area contributed by atoms with E-state index < -0.39 is 0 Å². The lowest BCUT2D eigenvalue weighted by Gasteiger charge is -2.09. The number of nitrogens with zero attached hydrogens (tertiary/aromatic N) is 2. The van der Waals surface area contributed by atoms with Crippen molar-refractivity contribution in [3.05, 3.63) is 90.6 Å². The summed E-state index contributed by atoms with van der Waals surface area (Å²) in [4.78, 5) is 21.1. The number of pyridine rings is 1. The number of rotatable bonds is 4. The summed E-state index contributed by atoms with van der Waals surface area (Å²) < 4.78 is 5.27. The Bertz CT molecular complexity index is 1060. The van der Waals surface area contributed by atoms with Gasteiger partial charge in [0.05, 0.1) is 23.1 Å². The van der Waals surface area contributed by atoms with Crippen LogP contribution in [0.1, 0.15) is 16.1 Å². The van der Waals surface area contributed by atoms with Crippen LogP contribution in [0.25, 0.3) is 22.6 Å². The van der Waals surface area contributed by atoms with Crippen LogP contribution in [-0.2, 0) is 0 Å². The van der Waals surface area contributed by atoms with Crippen molar-refractivity contribution >= 4 is 11.6 Å². The maximum atomic E-state index is 12.6. The van der Waals surface area contributed by atoms with Gasteiger partial charge >= 0.3 is 0 Å². The van der Waals surface area contributed by atoms with Gasteiger partial charge in [0, 0.05) is 16.8 Å². The number of oxazole rings is 1. The van der Waals surface area contributed by atoms with Gasteiger partial charge in [-0.3, -0.25) is 9.78 Å². The van der Waals surface area contributed by atoms with Crippen molar-refractivity contribution < 1.29 is 9.21 Å².